The minimum absolute atomic E-state index is 0.703. The van der Waals surface area contributed by atoms with Gasteiger partial charge in [0.2, 0.25) is 0 Å². The van der Waals surface area contributed by atoms with Crippen molar-refractivity contribution in [2.45, 2.75) is 60.2 Å². The molecule has 0 bridgehead atoms. The number of ether oxygens (including phenoxy) is 3. The molecule has 0 aliphatic carbocycles. The molecule has 2 saturated heterocycles. The third-order valence-corrected chi connectivity index (χ3v) is 4.60. The number of thiol groups is 1. The Morgan fingerprint density at radius 1 is 0.917 bits per heavy atom. The number of hydrogen-bond donors (Lipinski definition) is 9. The smallest absolute Gasteiger partial charge is 0.188 e. The van der Waals surface area contributed by atoms with Gasteiger partial charge in [0.05, 0.1) is 13.2 Å². The van der Waals surface area contributed by atoms with Crippen molar-refractivity contribution in [2.24, 2.45) is 0 Å². The van der Waals surface area contributed by atoms with Crippen LogP contribution in [0.5, 0.6) is 0 Å². The van der Waals surface area contributed by atoms with E-state index in [1.165, 1.54) is 0 Å². The molecule has 2 rings (SSSR count). The Labute approximate surface area is 142 Å². The summed E-state index contributed by atoms with van der Waals surface area (Å²) in [5, 5.41) is 77.2. The zero-order valence-electron chi connectivity index (χ0n) is 12.4. The van der Waals surface area contributed by atoms with E-state index in [0.29, 0.717) is 0 Å². The second kappa shape index (κ2) is 7.65. The first kappa shape index (κ1) is 20.2. The van der Waals surface area contributed by atoms with Gasteiger partial charge in [-0.1, -0.05) is 0 Å². The number of aliphatic hydroxyl groups is 8. The first-order valence-electron chi connectivity index (χ1n) is 7.17. The van der Waals surface area contributed by atoms with Gasteiger partial charge in [0.15, 0.2) is 17.5 Å². The molecule has 12 heteroatoms. The molecule has 8 N–H and O–H groups in total. The van der Waals surface area contributed by atoms with E-state index < -0.39 is 73.5 Å². The van der Waals surface area contributed by atoms with E-state index in [2.05, 4.69) is 12.6 Å². The van der Waals surface area contributed by atoms with Crippen LogP contribution < -0.4 is 0 Å². The monoisotopic (exact) mass is 374 g/mol. The number of hydrogen-bond acceptors (Lipinski definition) is 12. The van der Waals surface area contributed by atoms with Crippen LogP contribution in [0.1, 0.15) is 0 Å². The van der Waals surface area contributed by atoms with Crippen molar-refractivity contribution in [1.29, 1.82) is 0 Å². The predicted molar refractivity (Wildman–Crippen MR) is 76.5 cm³/mol. The molecule has 0 saturated carbocycles. The van der Waals surface area contributed by atoms with Crippen LogP contribution in [-0.4, -0.2) is 114 Å². The first-order valence-corrected chi connectivity index (χ1v) is 7.62. The van der Waals surface area contributed by atoms with Crippen molar-refractivity contribution in [1.82, 2.24) is 0 Å². The lowest BCUT2D eigenvalue weighted by Crippen LogP contribution is -2.67. The Balaban J connectivity index is 2.18. The summed E-state index contributed by atoms with van der Waals surface area (Å²) in [7, 11) is 0. The summed E-state index contributed by atoms with van der Waals surface area (Å²) in [6.45, 7) is -1.54. The van der Waals surface area contributed by atoms with Gasteiger partial charge in [-0.3, -0.25) is 0 Å². The third kappa shape index (κ3) is 3.56. The Bertz CT molecular complexity index is 426. The van der Waals surface area contributed by atoms with Crippen molar-refractivity contribution in [3.8, 4) is 0 Å². The average Bonchev–Trinajstić information content (AvgIpc) is 2.57. The molecule has 11 nitrogen and oxygen atoms in total. The lowest BCUT2D eigenvalue weighted by atomic mass is 9.97. The van der Waals surface area contributed by atoms with Crippen LogP contribution in [-0.2, 0) is 14.2 Å². The normalized spacial score (nSPS) is 53.1. The van der Waals surface area contributed by atoms with E-state index in [4.69, 9.17) is 14.2 Å². The molecule has 2 heterocycles. The molecule has 24 heavy (non-hydrogen) atoms. The zero-order valence-corrected chi connectivity index (χ0v) is 13.3. The van der Waals surface area contributed by atoms with Gasteiger partial charge in [-0.15, -0.1) is 12.6 Å². The molecule has 0 aromatic heterocycles. The summed E-state index contributed by atoms with van der Waals surface area (Å²) < 4.78 is 15.3. The minimum atomic E-state index is -1.96. The molecule has 0 aromatic rings. The Morgan fingerprint density at radius 2 is 1.54 bits per heavy atom. The fraction of sp³-hybridized carbons (Fsp3) is 1.00. The Hall–Kier alpha value is -0.0900. The topological polar surface area (TPSA) is 190 Å². The summed E-state index contributed by atoms with van der Waals surface area (Å²) >= 11 is 3.92. The highest BCUT2D eigenvalue weighted by Gasteiger charge is 2.54. The second-order valence-corrected chi connectivity index (χ2v) is 6.50. The number of rotatable bonds is 4. The van der Waals surface area contributed by atoms with Crippen molar-refractivity contribution in [3.63, 3.8) is 0 Å². The van der Waals surface area contributed by atoms with Gasteiger partial charge in [-0.05, 0) is 0 Å². The van der Waals surface area contributed by atoms with Crippen molar-refractivity contribution < 1.29 is 55.1 Å². The SMILES string of the molecule is OC[C@H]1O[C@@H](O)[C@H](O)[C@@H](O)[C@@H]1O[C@H]1O[C@@](S)(CO)[C@H](O)[C@@H](O)[C@H]1O. The molecular formula is C12H22O11S. The van der Waals surface area contributed by atoms with Crippen molar-refractivity contribution in [3.05, 3.63) is 0 Å². The van der Waals surface area contributed by atoms with Crippen molar-refractivity contribution >= 4 is 12.6 Å². The van der Waals surface area contributed by atoms with Crippen LogP contribution in [0, 0.1) is 0 Å². The summed E-state index contributed by atoms with van der Waals surface area (Å²) in [6, 6.07) is 0. The molecule has 2 fully saturated rings. The van der Waals surface area contributed by atoms with E-state index in [-0.39, 0.29) is 0 Å². The summed E-state index contributed by atoms with van der Waals surface area (Å²) in [6.07, 6.45) is -15.0. The van der Waals surface area contributed by atoms with Crippen LogP contribution in [0.3, 0.4) is 0 Å². The molecule has 2 aliphatic heterocycles. The maximum Gasteiger partial charge on any atom is 0.188 e. The molecule has 0 amide bonds. The maximum atomic E-state index is 9.99. The van der Waals surface area contributed by atoms with E-state index in [1.807, 2.05) is 0 Å². The van der Waals surface area contributed by atoms with Crippen LogP contribution in [0.25, 0.3) is 0 Å². The van der Waals surface area contributed by atoms with Crippen LogP contribution in [0.15, 0.2) is 0 Å². The summed E-state index contributed by atoms with van der Waals surface area (Å²) in [5.74, 6) is 0. The molecule has 0 spiro atoms. The fourth-order valence-corrected chi connectivity index (χ4v) is 2.84. The maximum absolute atomic E-state index is 9.99. The van der Waals surface area contributed by atoms with Gasteiger partial charge < -0.3 is 55.1 Å². The van der Waals surface area contributed by atoms with Crippen LogP contribution in [0.4, 0.5) is 0 Å². The van der Waals surface area contributed by atoms with Gasteiger partial charge in [-0.2, -0.15) is 0 Å². The van der Waals surface area contributed by atoms with E-state index in [0.717, 1.165) is 0 Å². The summed E-state index contributed by atoms with van der Waals surface area (Å²) in [4.78, 5) is -1.96. The molecule has 10 atom stereocenters. The van der Waals surface area contributed by atoms with Crippen LogP contribution >= 0.6 is 12.6 Å². The van der Waals surface area contributed by atoms with Crippen LogP contribution in [0.2, 0.25) is 0 Å². The minimum Gasteiger partial charge on any atom is -0.394 e. The standard InChI is InChI=1S/C12H22O11S/c13-1-3-8(4(15)6(17)10(20)21-3)22-11-7(18)5(16)9(19)12(24,2-14)23-11/h3-11,13-20,24H,1-2H2/t3-,4-,5+,6-,7-,8-,9-,10-,11+,12-/m1/s1. The molecule has 0 radical (unpaired) electrons. The van der Waals surface area contributed by atoms with E-state index in [9.17, 15) is 40.9 Å². The van der Waals surface area contributed by atoms with Gasteiger partial charge >= 0.3 is 0 Å². The second-order valence-electron chi connectivity index (χ2n) is 5.74. The van der Waals surface area contributed by atoms with Gasteiger partial charge in [0, 0.05) is 0 Å². The third-order valence-electron chi connectivity index (χ3n) is 4.09. The molecule has 0 unspecified atom stereocenters. The Kier molecular flexibility index (Phi) is 6.45. The van der Waals surface area contributed by atoms with E-state index in [1.54, 1.807) is 0 Å². The van der Waals surface area contributed by atoms with Gasteiger partial charge in [-0.25, -0.2) is 0 Å². The first-order chi connectivity index (χ1) is 11.2. The molecule has 142 valence electrons. The van der Waals surface area contributed by atoms with Gasteiger partial charge in [0.1, 0.15) is 42.7 Å². The van der Waals surface area contributed by atoms with E-state index >= 15 is 0 Å². The Morgan fingerprint density at radius 3 is 2.08 bits per heavy atom. The molecular weight excluding hydrogens is 352 g/mol. The highest BCUT2D eigenvalue weighted by atomic mass is 32.1. The lowest BCUT2D eigenvalue weighted by Gasteiger charge is -2.48. The summed E-state index contributed by atoms with van der Waals surface area (Å²) in [5.41, 5.74) is 0. The largest absolute Gasteiger partial charge is 0.394 e. The quantitative estimate of drug-likeness (QED) is 0.214. The average molecular weight is 374 g/mol. The number of aliphatic hydroxyl groups excluding tert-OH is 8. The fourth-order valence-electron chi connectivity index (χ4n) is 2.58. The van der Waals surface area contributed by atoms with Gasteiger partial charge in [0.25, 0.3) is 0 Å². The zero-order chi connectivity index (χ0) is 18.2. The predicted octanol–water partition coefficient (Wildman–Crippen LogP) is -5.14. The lowest BCUT2D eigenvalue weighted by molar-refractivity contribution is -0.360. The highest BCUT2D eigenvalue weighted by Crippen LogP contribution is 2.35. The van der Waals surface area contributed by atoms with Crippen molar-refractivity contribution in [2.75, 3.05) is 13.2 Å². The highest BCUT2D eigenvalue weighted by molar-refractivity contribution is 7.81. The molecule has 0 aromatic carbocycles. The molecule has 2 aliphatic rings.